The van der Waals surface area contributed by atoms with Crippen molar-refractivity contribution in [2.45, 2.75) is 12.0 Å². The smallest absolute Gasteiger partial charge is 0.0491 e. The molecule has 2 heterocycles. The highest BCUT2D eigenvalue weighted by Crippen LogP contribution is 2.42. The van der Waals surface area contributed by atoms with E-state index in [4.69, 9.17) is 11.6 Å². The number of benzene rings is 2. The second-order valence-electron chi connectivity index (χ2n) is 5.92. The van der Waals surface area contributed by atoms with E-state index in [1.807, 2.05) is 6.07 Å². The molecule has 1 fully saturated rings. The van der Waals surface area contributed by atoms with E-state index < -0.39 is 0 Å². The average Bonchev–Trinajstić information content (AvgIpc) is 2.55. The van der Waals surface area contributed by atoms with E-state index in [9.17, 15) is 0 Å². The van der Waals surface area contributed by atoms with Gasteiger partial charge in [0.1, 0.15) is 0 Å². The SMILES string of the molecule is Cl.Cl.Clc1cccc2c1[C@H]1CNCCN1C[C@@H]2c1ccccc1. The Morgan fingerprint density at radius 1 is 1.00 bits per heavy atom. The number of rotatable bonds is 1. The largest absolute Gasteiger partial charge is 0.314 e. The molecule has 2 aromatic rings. The molecule has 2 nitrogen and oxygen atoms in total. The van der Waals surface area contributed by atoms with Crippen molar-refractivity contribution in [3.63, 3.8) is 0 Å². The first kappa shape index (κ1) is 18.6. The zero-order valence-electron chi connectivity index (χ0n) is 12.7. The van der Waals surface area contributed by atoms with E-state index in [0.717, 1.165) is 31.2 Å². The van der Waals surface area contributed by atoms with Crippen LogP contribution in [0.15, 0.2) is 48.5 Å². The maximum atomic E-state index is 6.56. The summed E-state index contributed by atoms with van der Waals surface area (Å²) in [5.41, 5.74) is 4.11. The van der Waals surface area contributed by atoms with Crippen LogP contribution in [0.3, 0.4) is 0 Å². The van der Waals surface area contributed by atoms with Gasteiger partial charge < -0.3 is 5.32 Å². The first-order chi connectivity index (χ1) is 10.3. The van der Waals surface area contributed by atoms with Crippen LogP contribution in [0.4, 0.5) is 0 Å². The third-order valence-electron chi connectivity index (χ3n) is 4.77. The minimum atomic E-state index is 0. The molecule has 23 heavy (non-hydrogen) atoms. The summed E-state index contributed by atoms with van der Waals surface area (Å²) in [6, 6.07) is 17.6. The van der Waals surface area contributed by atoms with Crippen LogP contribution in [-0.2, 0) is 0 Å². The minimum absolute atomic E-state index is 0. The number of hydrogen-bond donors (Lipinski definition) is 1. The summed E-state index contributed by atoms with van der Waals surface area (Å²) < 4.78 is 0. The van der Waals surface area contributed by atoms with E-state index in [0.29, 0.717) is 12.0 Å². The molecule has 1 N–H and O–H groups in total. The lowest BCUT2D eigenvalue weighted by atomic mass is 9.80. The van der Waals surface area contributed by atoms with Gasteiger partial charge in [-0.15, -0.1) is 24.8 Å². The molecule has 124 valence electrons. The number of nitrogens with one attached hydrogen (secondary N) is 1. The highest BCUT2D eigenvalue weighted by molar-refractivity contribution is 6.31. The molecule has 0 amide bonds. The fraction of sp³-hybridized carbons (Fsp3) is 0.333. The molecule has 0 saturated carbocycles. The van der Waals surface area contributed by atoms with Crippen LogP contribution in [0.5, 0.6) is 0 Å². The highest BCUT2D eigenvalue weighted by atomic mass is 35.5. The number of nitrogens with zero attached hydrogens (tertiary/aromatic N) is 1. The molecule has 2 aromatic carbocycles. The summed E-state index contributed by atoms with van der Waals surface area (Å²) in [6.07, 6.45) is 0. The lowest BCUT2D eigenvalue weighted by Gasteiger charge is -2.44. The lowest BCUT2D eigenvalue weighted by Crippen LogP contribution is -2.50. The van der Waals surface area contributed by atoms with Crippen molar-refractivity contribution in [3.05, 3.63) is 70.2 Å². The molecule has 0 spiro atoms. The molecule has 0 unspecified atom stereocenters. The maximum absolute atomic E-state index is 6.56. The van der Waals surface area contributed by atoms with Crippen molar-refractivity contribution < 1.29 is 0 Å². The van der Waals surface area contributed by atoms with E-state index in [1.165, 1.54) is 16.7 Å². The molecule has 0 radical (unpaired) electrons. The summed E-state index contributed by atoms with van der Waals surface area (Å²) in [5, 5.41) is 4.42. The molecule has 0 aromatic heterocycles. The van der Waals surface area contributed by atoms with Crippen LogP contribution in [0.1, 0.15) is 28.7 Å². The van der Waals surface area contributed by atoms with Gasteiger partial charge in [0.05, 0.1) is 0 Å². The van der Waals surface area contributed by atoms with Crippen LogP contribution >= 0.6 is 36.4 Å². The van der Waals surface area contributed by atoms with Gasteiger partial charge in [0.15, 0.2) is 0 Å². The van der Waals surface area contributed by atoms with Gasteiger partial charge >= 0.3 is 0 Å². The number of hydrogen-bond acceptors (Lipinski definition) is 2. The van der Waals surface area contributed by atoms with Crippen LogP contribution < -0.4 is 5.32 Å². The Morgan fingerprint density at radius 3 is 2.57 bits per heavy atom. The maximum Gasteiger partial charge on any atom is 0.0491 e. The van der Waals surface area contributed by atoms with E-state index >= 15 is 0 Å². The lowest BCUT2D eigenvalue weighted by molar-refractivity contribution is 0.143. The van der Waals surface area contributed by atoms with Crippen molar-refractivity contribution in [1.82, 2.24) is 10.2 Å². The second-order valence-corrected chi connectivity index (χ2v) is 6.33. The van der Waals surface area contributed by atoms with Crippen molar-refractivity contribution in [2.24, 2.45) is 0 Å². The summed E-state index contributed by atoms with van der Waals surface area (Å²) in [4.78, 5) is 2.59. The fourth-order valence-corrected chi connectivity index (χ4v) is 4.07. The zero-order chi connectivity index (χ0) is 14.2. The van der Waals surface area contributed by atoms with Gasteiger partial charge in [0.2, 0.25) is 0 Å². The van der Waals surface area contributed by atoms with Gasteiger partial charge in [-0.1, -0.05) is 54.1 Å². The van der Waals surface area contributed by atoms with Crippen molar-refractivity contribution >= 4 is 36.4 Å². The van der Waals surface area contributed by atoms with Crippen LogP contribution in [0, 0.1) is 0 Å². The Morgan fingerprint density at radius 2 is 1.78 bits per heavy atom. The Labute approximate surface area is 155 Å². The quantitative estimate of drug-likeness (QED) is 0.805. The normalized spacial score (nSPS) is 23.0. The summed E-state index contributed by atoms with van der Waals surface area (Å²) in [5.74, 6) is 0.425. The molecular formula is C18H21Cl3N2. The molecule has 0 aliphatic carbocycles. The van der Waals surface area contributed by atoms with Gasteiger partial charge in [0, 0.05) is 43.2 Å². The van der Waals surface area contributed by atoms with E-state index in [2.05, 4.69) is 52.7 Å². The molecule has 5 heteroatoms. The number of fused-ring (bicyclic) bond motifs is 3. The van der Waals surface area contributed by atoms with Crippen molar-refractivity contribution in [3.8, 4) is 0 Å². The van der Waals surface area contributed by atoms with Crippen LogP contribution in [0.2, 0.25) is 5.02 Å². The number of halogens is 3. The molecular weight excluding hydrogens is 351 g/mol. The summed E-state index contributed by atoms with van der Waals surface area (Å²) >= 11 is 6.56. The molecule has 4 rings (SSSR count). The Kier molecular flexibility index (Phi) is 6.35. The molecule has 1 saturated heterocycles. The van der Waals surface area contributed by atoms with Crippen LogP contribution in [-0.4, -0.2) is 31.1 Å². The molecule has 0 bridgehead atoms. The first-order valence-electron chi connectivity index (χ1n) is 7.62. The predicted octanol–water partition coefficient (Wildman–Crippen LogP) is 4.28. The van der Waals surface area contributed by atoms with Crippen molar-refractivity contribution in [2.75, 3.05) is 26.2 Å². The molecule has 2 aliphatic heterocycles. The number of piperazine rings is 1. The minimum Gasteiger partial charge on any atom is -0.314 e. The van der Waals surface area contributed by atoms with E-state index in [-0.39, 0.29) is 24.8 Å². The monoisotopic (exact) mass is 370 g/mol. The topological polar surface area (TPSA) is 15.3 Å². The third kappa shape index (κ3) is 3.38. The Balaban J connectivity index is 0.000000960. The Hall–Kier alpha value is -0.770. The van der Waals surface area contributed by atoms with Gasteiger partial charge in [-0.2, -0.15) is 0 Å². The third-order valence-corrected chi connectivity index (χ3v) is 5.10. The summed E-state index contributed by atoms with van der Waals surface area (Å²) in [6.45, 7) is 4.25. The summed E-state index contributed by atoms with van der Waals surface area (Å²) in [7, 11) is 0. The van der Waals surface area contributed by atoms with Gasteiger partial charge in [-0.3, -0.25) is 4.90 Å². The molecule has 2 atom stereocenters. The van der Waals surface area contributed by atoms with Crippen molar-refractivity contribution in [1.29, 1.82) is 0 Å². The average molecular weight is 372 g/mol. The standard InChI is InChI=1S/C18H19ClN2.2ClH/c19-16-8-4-7-14-15(13-5-2-1-3-6-13)12-21-10-9-20-11-17(21)18(14)16;;/h1-8,15,17,20H,9-12H2;2*1H/t15-,17-;;/m1../s1. The van der Waals surface area contributed by atoms with Crippen LogP contribution in [0.25, 0.3) is 0 Å². The first-order valence-corrected chi connectivity index (χ1v) is 8.00. The fourth-order valence-electron chi connectivity index (χ4n) is 3.76. The zero-order valence-corrected chi connectivity index (χ0v) is 15.1. The Bertz CT molecular complexity index is 648. The molecule has 2 aliphatic rings. The second kappa shape index (κ2) is 7.87. The van der Waals surface area contributed by atoms with Gasteiger partial charge in [0.25, 0.3) is 0 Å². The van der Waals surface area contributed by atoms with Gasteiger partial charge in [-0.05, 0) is 22.8 Å². The van der Waals surface area contributed by atoms with E-state index in [1.54, 1.807) is 0 Å². The highest BCUT2D eigenvalue weighted by Gasteiger charge is 2.36. The predicted molar refractivity (Wildman–Crippen MR) is 101 cm³/mol. The van der Waals surface area contributed by atoms with Gasteiger partial charge in [-0.25, -0.2) is 0 Å².